The Morgan fingerprint density at radius 2 is 1.68 bits per heavy atom. The second-order valence-corrected chi connectivity index (χ2v) is 11.3. The zero-order valence-electron chi connectivity index (χ0n) is 21.5. The Hall–Kier alpha value is -3.82. The number of piperazine rings is 1. The van der Waals surface area contributed by atoms with Crippen molar-refractivity contribution in [2.24, 2.45) is 0 Å². The third-order valence-electron chi connectivity index (χ3n) is 6.30. The van der Waals surface area contributed by atoms with Crippen molar-refractivity contribution >= 4 is 15.7 Å². The highest BCUT2D eigenvalue weighted by Crippen LogP contribution is 2.34. The Kier molecular flexibility index (Phi) is 7.67. The lowest BCUT2D eigenvalue weighted by atomic mass is 10.1. The highest BCUT2D eigenvalue weighted by Gasteiger charge is 2.29. The summed E-state index contributed by atoms with van der Waals surface area (Å²) in [7, 11) is -3.59. The van der Waals surface area contributed by atoms with Crippen LogP contribution in [0.3, 0.4) is 0 Å². The van der Waals surface area contributed by atoms with Crippen LogP contribution >= 0.6 is 0 Å². The number of rotatable bonds is 9. The van der Waals surface area contributed by atoms with E-state index in [4.69, 9.17) is 13.9 Å². The molecule has 0 aliphatic carbocycles. The minimum atomic E-state index is -3.59. The van der Waals surface area contributed by atoms with Crippen LogP contribution < -0.4 is 14.4 Å². The lowest BCUT2D eigenvalue weighted by Crippen LogP contribution is -2.48. The molecule has 1 saturated heterocycles. The normalized spacial score (nSPS) is 14.6. The molecular weight excluding hydrogens is 502 g/mol. The van der Waals surface area contributed by atoms with E-state index in [-0.39, 0.29) is 11.0 Å². The van der Waals surface area contributed by atoms with Crippen molar-refractivity contribution in [1.29, 1.82) is 0 Å². The van der Waals surface area contributed by atoms with Crippen molar-refractivity contribution in [2.45, 2.75) is 31.5 Å². The van der Waals surface area contributed by atoms with Crippen molar-refractivity contribution in [1.82, 2.24) is 9.29 Å². The molecule has 2 heterocycles. The van der Waals surface area contributed by atoms with Gasteiger partial charge < -0.3 is 18.8 Å². The van der Waals surface area contributed by atoms with Crippen LogP contribution in [0.2, 0.25) is 0 Å². The molecule has 8 nitrogen and oxygen atoms in total. The molecule has 0 atom stereocenters. The summed E-state index contributed by atoms with van der Waals surface area (Å²) in [6, 6.07) is 22.5. The maximum atomic E-state index is 13.2. The first-order chi connectivity index (χ1) is 18.4. The number of hydrogen-bond acceptors (Lipinski definition) is 7. The molecular formula is C29H31N3O5S. The number of oxazole rings is 1. The lowest BCUT2D eigenvalue weighted by molar-refractivity contribution is 0.242. The lowest BCUT2D eigenvalue weighted by Gasteiger charge is -2.35. The number of aromatic nitrogens is 1. The van der Waals surface area contributed by atoms with Crippen molar-refractivity contribution in [3.63, 3.8) is 0 Å². The van der Waals surface area contributed by atoms with Gasteiger partial charge in [0.15, 0.2) is 0 Å². The molecule has 0 bridgehead atoms. The first-order valence-electron chi connectivity index (χ1n) is 12.6. The molecule has 4 aromatic rings. The Balaban J connectivity index is 1.29. The van der Waals surface area contributed by atoms with Crippen LogP contribution in [0.15, 0.2) is 94.6 Å². The molecule has 1 fully saturated rings. The summed E-state index contributed by atoms with van der Waals surface area (Å²) >= 11 is 0. The summed E-state index contributed by atoms with van der Waals surface area (Å²) in [6.45, 7) is 6.16. The highest BCUT2D eigenvalue weighted by molar-refractivity contribution is 7.89. The van der Waals surface area contributed by atoms with E-state index in [1.54, 1.807) is 30.5 Å². The molecule has 0 unspecified atom stereocenters. The van der Waals surface area contributed by atoms with Gasteiger partial charge >= 0.3 is 0 Å². The molecule has 198 valence electrons. The van der Waals surface area contributed by atoms with Crippen molar-refractivity contribution in [3.8, 4) is 23.0 Å². The van der Waals surface area contributed by atoms with Gasteiger partial charge in [-0.1, -0.05) is 30.3 Å². The predicted octanol–water partition coefficient (Wildman–Crippen LogP) is 5.22. The standard InChI is InChI=1S/C29H31N3O5S/c1-22(2)37-25-9-11-26(12-10-25)38(33,34)32-17-15-31(16-18-32)24-8-13-27(29-30-14-19-35-29)28(20-24)36-21-23-6-4-3-5-7-23/h3-14,19-20,22H,15-18,21H2,1-2H3. The Morgan fingerprint density at radius 1 is 0.947 bits per heavy atom. The van der Waals surface area contributed by atoms with Gasteiger partial charge in [0.25, 0.3) is 0 Å². The molecule has 5 rings (SSSR count). The number of ether oxygens (including phenoxy) is 2. The Labute approximate surface area is 223 Å². The summed E-state index contributed by atoms with van der Waals surface area (Å²) in [5.74, 6) is 1.80. The third kappa shape index (κ3) is 5.84. The molecule has 0 radical (unpaired) electrons. The summed E-state index contributed by atoms with van der Waals surface area (Å²) in [5.41, 5.74) is 2.77. The predicted molar refractivity (Wildman–Crippen MR) is 146 cm³/mol. The number of hydrogen-bond donors (Lipinski definition) is 0. The van der Waals surface area contributed by atoms with Crippen LogP contribution in [0.25, 0.3) is 11.5 Å². The molecule has 9 heteroatoms. The molecule has 1 aliphatic heterocycles. The fraction of sp³-hybridized carbons (Fsp3) is 0.276. The minimum absolute atomic E-state index is 0.0270. The van der Waals surface area contributed by atoms with E-state index in [0.717, 1.165) is 16.8 Å². The van der Waals surface area contributed by atoms with E-state index in [1.807, 2.05) is 62.4 Å². The van der Waals surface area contributed by atoms with Gasteiger partial charge in [0.1, 0.15) is 24.4 Å². The molecule has 0 N–H and O–H groups in total. The van der Waals surface area contributed by atoms with Gasteiger partial charge in [-0.15, -0.1) is 0 Å². The fourth-order valence-electron chi connectivity index (χ4n) is 4.39. The average Bonchev–Trinajstić information content (AvgIpc) is 3.47. The van der Waals surface area contributed by atoms with E-state index in [2.05, 4.69) is 9.88 Å². The van der Waals surface area contributed by atoms with E-state index < -0.39 is 10.0 Å². The fourth-order valence-corrected chi connectivity index (χ4v) is 5.82. The number of anilines is 1. The molecule has 1 aliphatic rings. The molecule has 0 spiro atoms. The zero-order valence-corrected chi connectivity index (χ0v) is 22.3. The highest BCUT2D eigenvalue weighted by atomic mass is 32.2. The molecule has 0 amide bonds. The van der Waals surface area contributed by atoms with Gasteiger partial charge in [0.05, 0.1) is 22.8 Å². The largest absolute Gasteiger partial charge is 0.491 e. The van der Waals surface area contributed by atoms with Crippen LogP contribution in [0.5, 0.6) is 11.5 Å². The maximum absolute atomic E-state index is 13.2. The van der Waals surface area contributed by atoms with Crippen LogP contribution in [0.1, 0.15) is 19.4 Å². The number of benzene rings is 3. The molecule has 38 heavy (non-hydrogen) atoms. The number of sulfonamides is 1. The maximum Gasteiger partial charge on any atom is 0.243 e. The van der Waals surface area contributed by atoms with E-state index in [1.165, 1.54) is 10.6 Å². The minimum Gasteiger partial charge on any atom is -0.491 e. The summed E-state index contributed by atoms with van der Waals surface area (Å²) in [4.78, 5) is 6.73. The quantitative estimate of drug-likeness (QED) is 0.292. The van der Waals surface area contributed by atoms with Crippen LogP contribution in [-0.2, 0) is 16.6 Å². The van der Waals surface area contributed by atoms with Crippen LogP contribution in [0, 0.1) is 0 Å². The SMILES string of the molecule is CC(C)Oc1ccc(S(=O)(=O)N2CCN(c3ccc(-c4ncco4)c(OCc4ccccc4)c3)CC2)cc1. The van der Waals surface area contributed by atoms with Crippen molar-refractivity contribution in [2.75, 3.05) is 31.1 Å². The monoisotopic (exact) mass is 533 g/mol. The Morgan fingerprint density at radius 3 is 2.34 bits per heavy atom. The van der Waals surface area contributed by atoms with Crippen molar-refractivity contribution in [3.05, 3.63) is 90.8 Å². The zero-order chi connectivity index (χ0) is 26.5. The smallest absolute Gasteiger partial charge is 0.243 e. The molecule has 1 aromatic heterocycles. The molecule has 0 saturated carbocycles. The third-order valence-corrected chi connectivity index (χ3v) is 8.22. The van der Waals surface area contributed by atoms with Gasteiger partial charge in [-0.3, -0.25) is 0 Å². The van der Waals surface area contributed by atoms with E-state index >= 15 is 0 Å². The summed E-state index contributed by atoms with van der Waals surface area (Å²) in [5, 5.41) is 0. The van der Waals surface area contributed by atoms with Crippen LogP contribution in [0.4, 0.5) is 5.69 Å². The first kappa shape index (κ1) is 25.8. The van der Waals surface area contributed by atoms with Gasteiger partial charge in [0, 0.05) is 37.9 Å². The second-order valence-electron chi connectivity index (χ2n) is 9.32. The van der Waals surface area contributed by atoms with E-state index in [9.17, 15) is 8.42 Å². The average molecular weight is 534 g/mol. The van der Waals surface area contributed by atoms with Crippen LogP contribution in [-0.4, -0.2) is 50.0 Å². The van der Waals surface area contributed by atoms with Gasteiger partial charge in [-0.25, -0.2) is 13.4 Å². The first-order valence-corrected chi connectivity index (χ1v) is 14.1. The Bertz CT molecular complexity index is 1430. The number of nitrogens with zero attached hydrogens (tertiary/aromatic N) is 3. The second kappa shape index (κ2) is 11.3. The van der Waals surface area contributed by atoms with Gasteiger partial charge in [-0.05, 0) is 55.8 Å². The topological polar surface area (TPSA) is 85.1 Å². The van der Waals surface area contributed by atoms with Gasteiger partial charge in [0.2, 0.25) is 15.9 Å². The van der Waals surface area contributed by atoms with Crippen molar-refractivity contribution < 1.29 is 22.3 Å². The summed E-state index contributed by atoms with van der Waals surface area (Å²) < 4.78 is 45.4. The van der Waals surface area contributed by atoms with Gasteiger partial charge in [-0.2, -0.15) is 4.31 Å². The van der Waals surface area contributed by atoms with E-state index in [0.29, 0.717) is 50.2 Å². The summed E-state index contributed by atoms with van der Waals surface area (Å²) in [6.07, 6.45) is 3.17. The molecule has 3 aromatic carbocycles.